The summed E-state index contributed by atoms with van der Waals surface area (Å²) < 4.78 is 11.6. The number of carbonyl (C=O) groups excluding carboxylic acids is 2. The first-order valence-corrected chi connectivity index (χ1v) is 14.5. The van der Waals surface area contributed by atoms with Gasteiger partial charge < -0.3 is 14.8 Å². The highest BCUT2D eigenvalue weighted by molar-refractivity contribution is 5.94. The highest BCUT2D eigenvalue weighted by atomic mass is 16.8. The summed E-state index contributed by atoms with van der Waals surface area (Å²) in [5, 5.41) is 5.22. The van der Waals surface area contributed by atoms with E-state index in [1.54, 1.807) is 0 Å². The summed E-state index contributed by atoms with van der Waals surface area (Å²) >= 11 is 0. The molecule has 2 aromatic carbocycles. The van der Waals surface area contributed by atoms with Gasteiger partial charge in [0.05, 0.1) is 5.57 Å². The maximum absolute atomic E-state index is 13.1. The molecule has 7 heteroatoms. The zero-order valence-electron chi connectivity index (χ0n) is 22.9. The molecule has 0 bridgehead atoms. The average molecular weight is 535 g/mol. The monoisotopic (exact) mass is 534 g/mol. The van der Waals surface area contributed by atoms with Crippen molar-refractivity contribution in [2.45, 2.75) is 76.9 Å². The van der Waals surface area contributed by atoms with Gasteiger partial charge in [0.1, 0.15) is 12.4 Å². The van der Waals surface area contributed by atoms with Gasteiger partial charge in [-0.2, -0.15) is 0 Å². The van der Waals surface area contributed by atoms with Crippen LogP contribution in [-0.4, -0.2) is 37.9 Å². The van der Waals surface area contributed by atoms with E-state index in [2.05, 4.69) is 35.1 Å². The van der Waals surface area contributed by atoms with E-state index < -0.39 is 0 Å². The Labute approximate surface area is 231 Å². The number of nitrogens with one attached hydrogen (secondary N) is 2. The number of hydrogen-bond acceptors (Lipinski definition) is 5. The molecule has 2 aliphatic rings. The summed E-state index contributed by atoms with van der Waals surface area (Å²) in [5.41, 5.74) is 3.12. The van der Waals surface area contributed by atoms with Crippen LogP contribution in [0, 0.1) is 5.92 Å². The fraction of sp³-hybridized carbons (Fsp3) is 0.500. The van der Waals surface area contributed by atoms with E-state index >= 15 is 0 Å². The molecule has 2 atom stereocenters. The molecule has 0 aromatic heterocycles. The van der Waals surface area contributed by atoms with Crippen molar-refractivity contribution >= 4 is 22.6 Å². The van der Waals surface area contributed by atoms with E-state index in [1.807, 2.05) is 36.4 Å². The third-order valence-corrected chi connectivity index (χ3v) is 7.27. The van der Waals surface area contributed by atoms with Crippen LogP contribution in [0.5, 0.6) is 5.75 Å². The molecule has 0 saturated carbocycles. The lowest BCUT2D eigenvalue weighted by Gasteiger charge is -2.22. The van der Waals surface area contributed by atoms with E-state index in [4.69, 9.17) is 14.3 Å². The Morgan fingerprint density at radius 1 is 1.03 bits per heavy atom. The second kappa shape index (κ2) is 16.1. The molecule has 7 nitrogen and oxygen atoms in total. The Kier molecular flexibility index (Phi) is 11.9. The summed E-state index contributed by atoms with van der Waals surface area (Å²) in [4.78, 5) is 30.6. The molecule has 210 valence electrons. The van der Waals surface area contributed by atoms with Crippen LogP contribution in [0.15, 0.2) is 66.3 Å². The largest absolute Gasteiger partial charge is 0.488 e. The summed E-state index contributed by atoms with van der Waals surface area (Å²) in [6.45, 7) is 1.51. The van der Waals surface area contributed by atoms with Crippen molar-refractivity contribution < 1.29 is 23.9 Å². The molecular formula is C32H42N2O5. The van der Waals surface area contributed by atoms with Crippen molar-refractivity contribution in [3.63, 3.8) is 0 Å². The molecule has 0 spiro atoms. The van der Waals surface area contributed by atoms with Gasteiger partial charge in [-0.05, 0) is 75.2 Å². The number of carbonyl (C=O) groups is 2. The minimum absolute atomic E-state index is 0.0892. The zero-order valence-corrected chi connectivity index (χ0v) is 22.9. The van der Waals surface area contributed by atoms with Gasteiger partial charge in [0.2, 0.25) is 11.8 Å². The summed E-state index contributed by atoms with van der Waals surface area (Å²) in [6, 6.07) is 14.0. The predicted molar refractivity (Wildman–Crippen MR) is 153 cm³/mol. The maximum Gasteiger partial charge on any atom is 0.250 e. The number of rotatable bonds is 14. The van der Waals surface area contributed by atoms with Crippen LogP contribution in [0.2, 0.25) is 0 Å². The summed E-state index contributed by atoms with van der Waals surface area (Å²) in [7, 11) is 0. The van der Waals surface area contributed by atoms with E-state index in [0.29, 0.717) is 43.9 Å². The van der Waals surface area contributed by atoms with Crippen molar-refractivity contribution in [2.75, 3.05) is 19.8 Å². The third kappa shape index (κ3) is 9.83. The fourth-order valence-corrected chi connectivity index (χ4v) is 4.99. The predicted octanol–water partition coefficient (Wildman–Crippen LogP) is 6.14. The number of fused-ring (bicyclic) bond motifs is 1. The van der Waals surface area contributed by atoms with E-state index in [1.165, 1.54) is 12.8 Å². The van der Waals surface area contributed by atoms with Crippen molar-refractivity contribution in [3.05, 3.63) is 66.3 Å². The van der Waals surface area contributed by atoms with Crippen molar-refractivity contribution in [2.24, 2.45) is 5.92 Å². The number of unbranched alkanes of at least 4 members (excludes halogenated alkanes) is 2. The maximum atomic E-state index is 13.1. The van der Waals surface area contributed by atoms with Gasteiger partial charge in [0.25, 0.3) is 0 Å². The quantitative estimate of drug-likeness (QED) is 0.132. The smallest absolute Gasteiger partial charge is 0.250 e. The standard InChI is InChI=1S/C32H42N2O5/c35-30(34-39-31-20-9-10-23-37-31)19-6-2-5-15-27(32(36)33-22-21-25-12-3-1-4-13-25)24-38-29-18-11-16-26-14-7-8-17-28(26)29/h3,7-8,11-12,14-18,25,31H,1-2,4-6,9-10,13,19-24H2,(H,33,36)(H,34,35)/b27-15+. The molecular weight excluding hydrogens is 492 g/mol. The van der Waals surface area contributed by atoms with Crippen molar-refractivity contribution in [1.82, 2.24) is 10.8 Å². The average Bonchev–Trinajstić information content (AvgIpc) is 2.98. The molecule has 1 saturated heterocycles. The van der Waals surface area contributed by atoms with E-state index in [9.17, 15) is 9.59 Å². The first-order chi connectivity index (χ1) is 19.2. The first kappa shape index (κ1) is 28.8. The molecule has 2 amide bonds. The number of hydrogen-bond donors (Lipinski definition) is 2. The number of ether oxygens (including phenoxy) is 2. The molecule has 4 rings (SSSR count). The lowest BCUT2D eigenvalue weighted by atomic mass is 9.93. The Balaban J connectivity index is 1.26. The first-order valence-electron chi connectivity index (χ1n) is 14.5. The highest BCUT2D eigenvalue weighted by Gasteiger charge is 2.16. The number of amides is 2. The van der Waals surface area contributed by atoms with E-state index in [0.717, 1.165) is 55.0 Å². The summed E-state index contributed by atoms with van der Waals surface area (Å²) in [6.07, 6.45) is 16.1. The minimum atomic E-state index is -0.345. The lowest BCUT2D eigenvalue weighted by molar-refractivity contribution is -0.200. The Morgan fingerprint density at radius 2 is 1.92 bits per heavy atom. The third-order valence-electron chi connectivity index (χ3n) is 7.27. The Bertz CT molecular complexity index is 1120. The van der Waals surface area contributed by atoms with Gasteiger partial charge in [-0.1, -0.05) is 54.6 Å². The molecule has 2 N–H and O–H groups in total. The lowest BCUT2D eigenvalue weighted by Crippen LogP contribution is -2.32. The van der Waals surface area contributed by atoms with Crippen LogP contribution in [0.25, 0.3) is 10.8 Å². The topological polar surface area (TPSA) is 85.9 Å². The van der Waals surface area contributed by atoms with E-state index in [-0.39, 0.29) is 24.7 Å². The summed E-state index contributed by atoms with van der Waals surface area (Å²) in [5.74, 6) is 1.06. The number of allylic oxidation sites excluding steroid dienone is 3. The number of hydroxylamine groups is 1. The minimum Gasteiger partial charge on any atom is -0.488 e. The molecule has 1 fully saturated rings. The van der Waals surface area contributed by atoms with Crippen LogP contribution >= 0.6 is 0 Å². The van der Waals surface area contributed by atoms with Crippen LogP contribution in [0.1, 0.15) is 70.6 Å². The zero-order chi connectivity index (χ0) is 27.1. The van der Waals surface area contributed by atoms with Crippen LogP contribution < -0.4 is 15.5 Å². The normalized spacial score (nSPS) is 19.5. The number of benzene rings is 2. The second-order valence-corrected chi connectivity index (χ2v) is 10.3. The van der Waals surface area contributed by atoms with Crippen LogP contribution in [0.3, 0.4) is 0 Å². The molecule has 1 aliphatic carbocycles. The van der Waals surface area contributed by atoms with Crippen molar-refractivity contribution in [3.8, 4) is 5.75 Å². The van der Waals surface area contributed by atoms with Gasteiger partial charge in [-0.3, -0.25) is 9.59 Å². The Morgan fingerprint density at radius 3 is 2.77 bits per heavy atom. The molecule has 2 unspecified atom stereocenters. The molecule has 0 radical (unpaired) electrons. The SMILES string of the molecule is O=C(CCCC/C=C(\COc1cccc2ccccc12)C(=O)NCCC1C=CCCC1)NOC1CCCCO1. The Hall–Kier alpha value is -3.16. The van der Waals surface area contributed by atoms with Gasteiger partial charge in [-0.15, -0.1) is 0 Å². The van der Waals surface area contributed by atoms with Gasteiger partial charge in [0, 0.05) is 31.4 Å². The van der Waals surface area contributed by atoms with Crippen LogP contribution in [-0.2, 0) is 19.2 Å². The molecule has 1 aliphatic heterocycles. The van der Waals surface area contributed by atoms with Gasteiger partial charge in [0.15, 0.2) is 6.29 Å². The van der Waals surface area contributed by atoms with Crippen LogP contribution in [0.4, 0.5) is 0 Å². The molecule has 2 aromatic rings. The second-order valence-electron chi connectivity index (χ2n) is 10.3. The molecule has 39 heavy (non-hydrogen) atoms. The van der Waals surface area contributed by atoms with Gasteiger partial charge >= 0.3 is 0 Å². The molecule has 1 heterocycles. The van der Waals surface area contributed by atoms with Gasteiger partial charge in [-0.25, -0.2) is 10.3 Å². The highest BCUT2D eigenvalue weighted by Crippen LogP contribution is 2.26. The fourth-order valence-electron chi connectivity index (χ4n) is 4.99. The van der Waals surface area contributed by atoms with Crippen molar-refractivity contribution in [1.29, 1.82) is 0 Å².